The molecule has 0 aromatic carbocycles. The molecule has 2 heterocycles. The largest absolute Gasteiger partial charge is 0.382 e. The summed E-state index contributed by atoms with van der Waals surface area (Å²) in [7, 11) is 0. The Bertz CT molecular complexity index is 607. The Morgan fingerprint density at radius 2 is 2.09 bits per heavy atom. The maximum Gasteiger partial charge on any atom is 0.227 e. The number of anilines is 2. The highest BCUT2D eigenvalue weighted by Crippen LogP contribution is 2.28. The van der Waals surface area contributed by atoms with Crippen molar-refractivity contribution in [1.82, 2.24) is 14.9 Å². The Hall–Kier alpha value is -2.36. The predicted molar refractivity (Wildman–Crippen MR) is 81.9 cm³/mol. The number of hydrogen-bond acceptors (Lipinski definition) is 6. The van der Waals surface area contributed by atoms with Crippen molar-refractivity contribution in [2.24, 2.45) is 5.92 Å². The molecule has 1 amide bonds. The van der Waals surface area contributed by atoms with Crippen LogP contribution < -0.4 is 10.6 Å². The number of nitrogens with zero attached hydrogens (tertiary/aromatic N) is 5. The van der Waals surface area contributed by atoms with Crippen LogP contribution in [-0.4, -0.2) is 47.0 Å². The number of aromatic nitrogens is 2. The molecular weight excluding hydrogens is 280 g/mol. The van der Waals surface area contributed by atoms with Gasteiger partial charge >= 0.3 is 0 Å². The van der Waals surface area contributed by atoms with Gasteiger partial charge in [-0.2, -0.15) is 10.2 Å². The Balaban J connectivity index is 1.66. The lowest BCUT2D eigenvalue weighted by atomic mass is 9.84. The van der Waals surface area contributed by atoms with Crippen molar-refractivity contribution in [3.05, 3.63) is 11.8 Å². The fourth-order valence-electron chi connectivity index (χ4n) is 2.87. The van der Waals surface area contributed by atoms with E-state index in [0.29, 0.717) is 30.5 Å². The molecule has 116 valence electrons. The van der Waals surface area contributed by atoms with Gasteiger partial charge in [0.05, 0.1) is 6.20 Å². The van der Waals surface area contributed by atoms with Gasteiger partial charge in [0, 0.05) is 32.1 Å². The van der Waals surface area contributed by atoms with Crippen LogP contribution in [0.4, 0.5) is 11.8 Å². The molecule has 1 aromatic heterocycles. The second kappa shape index (κ2) is 6.18. The molecule has 0 spiro atoms. The van der Waals surface area contributed by atoms with Gasteiger partial charge in [-0.15, -0.1) is 0 Å². The third-order valence-corrected chi connectivity index (χ3v) is 4.47. The van der Waals surface area contributed by atoms with Crippen molar-refractivity contribution in [3.8, 4) is 6.07 Å². The monoisotopic (exact) mass is 300 g/mol. The number of nitrogens with two attached hydrogens (primary N) is 1. The molecule has 7 nitrogen and oxygen atoms in total. The third kappa shape index (κ3) is 2.82. The minimum Gasteiger partial charge on any atom is -0.382 e. The molecule has 1 saturated carbocycles. The summed E-state index contributed by atoms with van der Waals surface area (Å²) in [6.45, 7) is 2.97. The summed E-state index contributed by atoms with van der Waals surface area (Å²) < 4.78 is 0. The molecule has 0 bridgehead atoms. The summed E-state index contributed by atoms with van der Waals surface area (Å²) in [5.41, 5.74) is 6.05. The molecule has 1 aliphatic carbocycles. The van der Waals surface area contributed by atoms with Crippen molar-refractivity contribution in [3.63, 3.8) is 0 Å². The number of nitriles is 1. The van der Waals surface area contributed by atoms with E-state index < -0.39 is 0 Å². The Kier molecular flexibility index (Phi) is 4.09. The number of hydrogen-bond donors (Lipinski definition) is 1. The van der Waals surface area contributed by atoms with Gasteiger partial charge in [-0.05, 0) is 19.3 Å². The smallest absolute Gasteiger partial charge is 0.227 e. The van der Waals surface area contributed by atoms with Crippen molar-refractivity contribution < 1.29 is 4.79 Å². The molecule has 2 fully saturated rings. The summed E-state index contributed by atoms with van der Waals surface area (Å²) in [6, 6.07) is 1.96. The van der Waals surface area contributed by atoms with Crippen LogP contribution in [0, 0.1) is 17.2 Å². The molecule has 0 atom stereocenters. The van der Waals surface area contributed by atoms with Crippen LogP contribution in [0.5, 0.6) is 0 Å². The van der Waals surface area contributed by atoms with Crippen LogP contribution in [0.15, 0.2) is 6.20 Å². The second-order valence-electron chi connectivity index (χ2n) is 5.87. The van der Waals surface area contributed by atoms with E-state index in [1.54, 1.807) is 0 Å². The molecule has 0 unspecified atom stereocenters. The highest BCUT2D eigenvalue weighted by atomic mass is 16.2. The topological polar surface area (TPSA) is 99.1 Å². The molecule has 2 N–H and O–H groups in total. The quantitative estimate of drug-likeness (QED) is 0.866. The van der Waals surface area contributed by atoms with E-state index in [0.717, 1.165) is 32.4 Å². The Morgan fingerprint density at radius 1 is 1.27 bits per heavy atom. The van der Waals surface area contributed by atoms with E-state index in [1.807, 2.05) is 15.9 Å². The molecule has 0 radical (unpaired) electrons. The maximum absolute atomic E-state index is 12.3. The van der Waals surface area contributed by atoms with E-state index in [2.05, 4.69) is 9.97 Å². The first-order valence-corrected chi connectivity index (χ1v) is 7.75. The number of rotatable bonds is 2. The lowest BCUT2D eigenvalue weighted by molar-refractivity contribution is -0.137. The zero-order valence-electron chi connectivity index (χ0n) is 12.5. The van der Waals surface area contributed by atoms with Crippen LogP contribution in [0.25, 0.3) is 0 Å². The summed E-state index contributed by atoms with van der Waals surface area (Å²) >= 11 is 0. The van der Waals surface area contributed by atoms with Gasteiger partial charge in [0.25, 0.3) is 0 Å². The highest BCUT2D eigenvalue weighted by Gasteiger charge is 2.30. The van der Waals surface area contributed by atoms with Crippen LogP contribution >= 0.6 is 0 Å². The minimum atomic E-state index is 0.208. The average Bonchev–Trinajstić information content (AvgIpc) is 2.71. The van der Waals surface area contributed by atoms with E-state index in [-0.39, 0.29) is 11.7 Å². The van der Waals surface area contributed by atoms with Gasteiger partial charge in [0.2, 0.25) is 11.9 Å². The van der Waals surface area contributed by atoms with Crippen molar-refractivity contribution in [2.75, 3.05) is 36.8 Å². The highest BCUT2D eigenvalue weighted by molar-refractivity contribution is 5.79. The summed E-state index contributed by atoms with van der Waals surface area (Å²) in [5, 5.41) is 8.87. The molecule has 2 aliphatic rings. The van der Waals surface area contributed by atoms with Gasteiger partial charge < -0.3 is 15.5 Å². The van der Waals surface area contributed by atoms with Crippen LogP contribution in [0.2, 0.25) is 0 Å². The zero-order chi connectivity index (χ0) is 15.5. The minimum absolute atomic E-state index is 0.208. The fourth-order valence-corrected chi connectivity index (χ4v) is 2.87. The zero-order valence-corrected chi connectivity index (χ0v) is 12.5. The standard InChI is InChI=1S/C15H20N6O/c16-9-12-10-18-15(19-13(12)17)21-6-2-5-20(7-8-21)14(22)11-3-1-4-11/h10-11H,1-8H2,(H2,17,18,19). The number of carbonyl (C=O) groups excluding carboxylic acids is 1. The SMILES string of the molecule is N#Cc1cnc(N2CCCN(C(=O)C3CCC3)CC2)nc1N. The van der Waals surface area contributed by atoms with Gasteiger partial charge in [0.1, 0.15) is 17.5 Å². The molecule has 1 aromatic rings. The molecule has 7 heteroatoms. The summed E-state index contributed by atoms with van der Waals surface area (Å²) in [5.74, 6) is 1.29. The van der Waals surface area contributed by atoms with Crippen LogP contribution in [0.3, 0.4) is 0 Å². The number of nitrogen functional groups attached to an aromatic ring is 1. The predicted octanol–water partition coefficient (Wildman–Crippen LogP) is 0.769. The fraction of sp³-hybridized carbons (Fsp3) is 0.600. The first-order valence-electron chi connectivity index (χ1n) is 7.75. The lowest BCUT2D eigenvalue weighted by Crippen LogP contribution is -2.41. The van der Waals surface area contributed by atoms with Crippen molar-refractivity contribution in [1.29, 1.82) is 5.26 Å². The Morgan fingerprint density at radius 3 is 2.73 bits per heavy atom. The van der Waals surface area contributed by atoms with E-state index >= 15 is 0 Å². The first kappa shape index (κ1) is 14.6. The van der Waals surface area contributed by atoms with E-state index in [4.69, 9.17) is 11.0 Å². The first-order chi connectivity index (χ1) is 10.7. The Labute approximate surface area is 129 Å². The molecule has 3 rings (SSSR count). The van der Waals surface area contributed by atoms with Crippen LogP contribution in [0.1, 0.15) is 31.2 Å². The van der Waals surface area contributed by atoms with Crippen molar-refractivity contribution >= 4 is 17.7 Å². The summed E-state index contributed by atoms with van der Waals surface area (Å²) in [4.78, 5) is 24.8. The van der Waals surface area contributed by atoms with Gasteiger partial charge in [-0.3, -0.25) is 4.79 Å². The van der Waals surface area contributed by atoms with Gasteiger partial charge in [-0.25, -0.2) is 4.98 Å². The van der Waals surface area contributed by atoms with Crippen molar-refractivity contribution in [2.45, 2.75) is 25.7 Å². The summed E-state index contributed by atoms with van der Waals surface area (Å²) in [6.07, 6.45) is 5.60. The molecule has 22 heavy (non-hydrogen) atoms. The average molecular weight is 300 g/mol. The van der Waals surface area contributed by atoms with Gasteiger partial charge in [-0.1, -0.05) is 6.42 Å². The molecule has 1 aliphatic heterocycles. The van der Waals surface area contributed by atoms with Crippen LogP contribution in [-0.2, 0) is 4.79 Å². The molecule has 1 saturated heterocycles. The van der Waals surface area contributed by atoms with Gasteiger partial charge in [0.15, 0.2) is 0 Å². The number of amides is 1. The lowest BCUT2D eigenvalue weighted by Gasteiger charge is -2.31. The second-order valence-corrected chi connectivity index (χ2v) is 5.87. The third-order valence-electron chi connectivity index (χ3n) is 4.47. The maximum atomic E-state index is 12.3. The molecular formula is C15H20N6O. The van der Waals surface area contributed by atoms with E-state index in [9.17, 15) is 4.79 Å². The normalized spacial score (nSPS) is 19.2. The number of carbonyl (C=O) groups is 1. The van der Waals surface area contributed by atoms with E-state index in [1.165, 1.54) is 12.6 Å².